The first-order valence-electron chi connectivity index (χ1n) is 7.34. The second-order valence-electron chi connectivity index (χ2n) is 6.62. The van der Waals surface area contributed by atoms with Crippen molar-refractivity contribution >= 4 is 17.7 Å². The zero-order valence-corrected chi connectivity index (χ0v) is 14.2. The number of hydrazine groups is 1. The maximum absolute atomic E-state index is 12.1. The minimum atomic E-state index is -0.494. The molecule has 3 N–H and O–H groups in total. The van der Waals surface area contributed by atoms with Gasteiger partial charge in [-0.1, -0.05) is 11.6 Å². The van der Waals surface area contributed by atoms with Gasteiger partial charge in [-0.25, -0.2) is 4.79 Å². The van der Waals surface area contributed by atoms with Crippen LogP contribution in [-0.2, 0) is 11.8 Å². The van der Waals surface area contributed by atoms with Gasteiger partial charge in [0.2, 0.25) is 0 Å². The van der Waals surface area contributed by atoms with Gasteiger partial charge in [0, 0.05) is 26.1 Å². The summed E-state index contributed by atoms with van der Waals surface area (Å²) in [6.07, 6.45) is 2.14. The van der Waals surface area contributed by atoms with E-state index in [1.54, 1.807) is 15.8 Å². The average molecular weight is 330 g/mol. The summed E-state index contributed by atoms with van der Waals surface area (Å²) >= 11 is 6.20. The highest BCUT2D eigenvalue weighted by Gasteiger charge is 2.36. The second kappa shape index (κ2) is 6.44. The van der Waals surface area contributed by atoms with Gasteiger partial charge >= 0.3 is 6.09 Å². The van der Waals surface area contributed by atoms with E-state index in [-0.39, 0.29) is 18.1 Å². The minimum Gasteiger partial charge on any atom is -0.444 e. The third-order valence-corrected chi connectivity index (χ3v) is 4.05. The molecule has 7 nitrogen and oxygen atoms in total. The van der Waals surface area contributed by atoms with E-state index in [2.05, 4.69) is 10.5 Å². The van der Waals surface area contributed by atoms with Crippen molar-refractivity contribution in [2.75, 3.05) is 13.1 Å². The highest BCUT2D eigenvalue weighted by atomic mass is 35.5. The molecule has 2 rings (SSSR count). The summed E-state index contributed by atoms with van der Waals surface area (Å²) in [6.45, 7) is 6.80. The number of aryl methyl sites for hydroxylation is 1. The fourth-order valence-electron chi connectivity index (χ4n) is 2.76. The van der Waals surface area contributed by atoms with Crippen LogP contribution in [0.25, 0.3) is 0 Å². The molecular formula is C14H24ClN5O2. The number of nitrogens with zero attached hydrogens (tertiary/aromatic N) is 3. The minimum absolute atomic E-state index is 0.158. The van der Waals surface area contributed by atoms with Crippen molar-refractivity contribution in [1.82, 2.24) is 20.1 Å². The molecule has 2 atom stereocenters. The van der Waals surface area contributed by atoms with Gasteiger partial charge in [0.05, 0.1) is 23.0 Å². The lowest BCUT2D eigenvalue weighted by molar-refractivity contribution is 0.0285. The summed E-state index contributed by atoms with van der Waals surface area (Å²) in [5.74, 6) is 5.88. The summed E-state index contributed by atoms with van der Waals surface area (Å²) in [5.41, 5.74) is 3.15. The van der Waals surface area contributed by atoms with E-state index in [0.29, 0.717) is 18.1 Å². The summed E-state index contributed by atoms with van der Waals surface area (Å²) in [5, 5.41) is 4.71. The predicted octanol–water partition coefficient (Wildman–Crippen LogP) is 1.83. The predicted molar refractivity (Wildman–Crippen MR) is 84.2 cm³/mol. The van der Waals surface area contributed by atoms with Crippen LogP contribution in [-0.4, -0.2) is 39.5 Å². The Balaban J connectivity index is 2.07. The molecule has 0 radical (unpaired) electrons. The van der Waals surface area contributed by atoms with Crippen molar-refractivity contribution in [2.45, 2.75) is 38.8 Å². The molecule has 0 aliphatic carbocycles. The summed E-state index contributed by atoms with van der Waals surface area (Å²) < 4.78 is 7.12. The van der Waals surface area contributed by atoms with Gasteiger partial charge in [0.1, 0.15) is 5.60 Å². The Kier molecular flexibility index (Phi) is 4.99. The van der Waals surface area contributed by atoms with Crippen molar-refractivity contribution in [1.29, 1.82) is 0 Å². The van der Waals surface area contributed by atoms with E-state index in [4.69, 9.17) is 22.2 Å². The molecule has 1 aromatic rings. The standard InChI is InChI=1S/C14H24ClN5O2/c1-14(2,3)22-13(21)20-6-5-9(8-20)11(18-16)12-10(15)7-17-19(12)4/h7,9,11,18H,5-6,8,16H2,1-4H3. The van der Waals surface area contributed by atoms with Crippen molar-refractivity contribution in [3.63, 3.8) is 0 Å². The van der Waals surface area contributed by atoms with Crippen molar-refractivity contribution in [3.05, 3.63) is 16.9 Å². The Morgan fingerprint density at radius 1 is 1.59 bits per heavy atom. The Morgan fingerprint density at radius 3 is 2.77 bits per heavy atom. The van der Waals surface area contributed by atoms with Crippen LogP contribution in [0.3, 0.4) is 0 Å². The number of rotatable bonds is 3. The highest BCUT2D eigenvalue weighted by Crippen LogP contribution is 2.33. The molecule has 0 spiro atoms. The third kappa shape index (κ3) is 3.71. The van der Waals surface area contributed by atoms with E-state index in [1.165, 1.54) is 0 Å². The maximum Gasteiger partial charge on any atom is 0.410 e. The van der Waals surface area contributed by atoms with E-state index in [1.807, 2.05) is 27.8 Å². The summed E-state index contributed by atoms with van der Waals surface area (Å²) in [6, 6.07) is -0.160. The molecule has 2 heterocycles. The number of hydrogen-bond donors (Lipinski definition) is 2. The van der Waals surface area contributed by atoms with E-state index >= 15 is 0 Å². The molecule has 0 saturated carbocycles. The molecule has 1 amide bonds. The van der Waals surface area contributed by atoms with Crippen LogP contribution in [0.15, 0.2) is 6.20 Å². The Morgan fingerprint density at radius 2 is 2.27 bits per heavy atom. The molecule has 1 saturated heterocycles. The van der Waals surface area contributed by atoms with Gasteiger partial charge in [0.25, 0.3) is 0 Å². The molecule has 1 aliphatic rings. The zero-order valence-electron chi connectivity index (χ0n) is 13.5. The number of likely N-dealkylation sites (tertiary alicyclic amines) is 1. The smallest absolute Gasteiger partial charge is 0.410 e. The van der Waals surface area contributed by atoms with Gasteiger partial charge in [-0.05, 0) is 27.2 Å². The molecule has 0 aromatic carbocycles. The van der Waals surface area contributed by atoms with Crippen LogP contribution in [0.1, 0.15) is 38.9 Å². The molecule has 124 valence electrons. The van der Waals surface area contributed by atoms with E-state index < -0.39 is 5.60 Å². The molecule has 2 unspecified atom stereocenters. The maximum atomic E-state index is 12.1. The number of nitrogens with two attached hydrogens (primary N) is 1. The SMILES string of the molecule is Cn1ncc(Cl)c1C(NN)C1CCN(C(=O)OC(C)(C)C)C1. The Labute approximate surface area is 135 Å². The third-order valence-electron chi connectivity index (χ3n) is 3.76. The van der Waals surface area contributed by atoms with E-state index in [9.17, 15) is 4.79 Å². The molecular weight excluding hydrogens is 306 g/mol. The average Bonchev–Trinajstić information content (AvgIpc) is 3.00. The molecule has 8 heteroatoms. The van der Waals surface area contributed by atoms with E-state index in [0.717, 1.165) is 12.1 Å². The first-order valence-corrected chi connectivity index (χ1v) is 7.72. The summed E-state index contributed by atoms with van der Waals surface area (Å²) in [4.78, 5) is 13.9. The van der Waals surface area contributed by atoms with Gasteiger partial charge in [0.15, 0.2) is 0 Å². The first-order chi connectivity index (χ1) is 10.2. The molecule has 22 heavy (non-hydrogen) atoms. The Bertz CT molecular complexity index is 520. The number of aromatic nitrogens is 2. The number of halogens is 1. The van der Waals surface area contributed by atoms with Crippen LogP contribution in [0.4, 0.5) is 4.79 Å². The van der Waals surface area contributed by atoms with Crippen LogP contribution in [0, 0.1) is 5.92 Å². The van der Waals surface area contributed by atoms with Gasteiger partial charge < -0.3 is 9.64 Å². The number of carbonyl (C=O) groups excluding carboxylic acids is 1. The summed E-state index contributed by atoms with van der Waals surface area (Å²) in [7, 11) is 1.83. The fourth-order valence-corrected chi connectivity index (χ4v) is 3.04. The molecule has 1 aromatic heterocycles. The monoisotopic (exact) mass is 329 g/mol. The number of nitrogens with one attached hydrogen (secondary N) is 1. The number of hydrogen-bond acceptors (Lipinski definition) is 5. The first kappa shape index (κ1) is 17.1. The van der Waals surface area contributed by atoms with Crippen LogP contribution in [0.2, 0.25) is 5.02 Å². The lowest BCUT2D eigenvalue weighted by Gasteiger charge is -2.26. The fraction of sp³-hybridized carbons (Fsp3) is 0.714. The van der Waals surface area contributed by atoms with Gasteiger partial charge in [-0.3, -0.25) is 16.0 Å². The van der Waals surface area contributed by atoms with Crippen molar-refractivity contribution in [3.8, 4) is 0 Å². The van der Waals surface area contributed by atoms with Crippen molar-refractivity contribution < 1.29 is 9.53 Å². The van der Waals surface area contributed by atoms with Crippen molar-refractivity contribution in [2.24, 2.45) is 18.8 Å². The number of ether oxygens (including phenoxy) is 1. The second-order valence-corrected chi connectivity index (χ2v) is 7.03. The van der Waals surface area contributed by atoms with Crippen LogP contribution < -0.4 is 11.3 Å². The normalized spacial score (nSPS) is 20.3. The molecule has 1 aliphatic heterocycles. The van der Waals surface area contributed by atoms with Gasteiger partial charge in [-0.2, -0.15) is 5.10 Å². The molecule has 1 fully saturated rings. The zero-order chi connectivity index (χ0) is 16.5. The van der Waals surface area contributed by atoms with Crippen LogP contribution in [0.5, 0.6) is 0 Å². The highest BCUT2D eigenvalue weighted by molar-refractivity contribution is 6.31. The lowest BCUT2D eigenvalue weighted by atomic mass is 9.96. The Hall–Kier alpha value is -1.31. The van der Waals surface area contributed by atoms with Gasteiger partial charge in [-0.15, -0.1) is 0 Å². The quantitative estimate of drug-likeness (QED) is 0.653. The lowest BCUT2D eigenvalue weighted by Crippen LogP contribution is -2.38. The molecule has 0 bridgehead atoms. The topological polar surface area (TPSA) is 85.4 Å². The number of amides is 1. The largest absolute Gasteiger partial charge is 0.444 e. The van der Waals surface area contributed by atoms with Crippen LogP contribution >= 0.6 is 11.6 Å². The number of carbonyl (C=O) groups is 1.